The molecule has 0 spiro atoms. The Balaban J connectivity index is 1.92. The minimum Gasteiger partial charge on any atom is -0.459 e. The molecule has 1 fully saturated rings. The van der Waals surface area contributed by atoms with E-state index in [4.69, 9.17) is 4.42 Å². The van der Waals surface area contributed by atoms with Crippen molar-refractivity contribution in [2.24, 2.45) is 5.92 Å². The Hall–Kier alpha value is -1.82. The second-order valence-corrected chi connectivity index (χ2v) is 6.02. The van der Waals surface area contributed by atoms with E-state index >= 15 is 0 Å². The largest absolute Gasteiger partial charge is 0.459 e. The third kappa shape index (κ3) is 4.13. The molecule has 1 aliphatic heterocycles. The van der Waals surface area contributed by atoms with Crippen LogP contribution >= 0.6 is 0 Å². The van der Waals surface area contributed by atoms with Crippen molar-refractivity contribution in [3.8, 4) is 0 Å². The molecule has 128 valence electrons. The number of carbonyl (C=O) groups is 2. The Morgan fingerprint density at radius 3 is 2.78 bits per heavy atom. The maximum atomic E-state index is 12.4. The number of likely N-dealkylation sites (tertiary alicyclic amines) is 1. The quantitative estimate of drug-likeness (QED) is 0.802. The van der Waals surface area contributed by atoms with Gasteiger partial charge in [-0.3, -0.25) is 9.59 Å². The van der Waals surface area contributed by atoms with Gasteiger partial charge in [0, 0.05) is 13.1 Å². The van der Waals surface area contributed by atoms with Crippen molar-refractivity contribution in [2.75, 3.05) is 13.1 Å². The van der Waals surface area contributed by atoms with E-state index in [1.807, 2.05) is 13.8 Å². The number of carbonyl (C=O) groups excluding carboxylic acids is 2. The summed E-state index contributed by atoms with van der Waals surface area (Å²) in [6.07, 6.45) is 4.08. The third-order valence-corrected chi connectivity index (χ3v) is 4.63. The maximum absolute atomic E-state index is 12.4. The molecular weight excluding hydrogens is 296 g/mol. The summed E-state index contributed by atoms with van der Waals surface area (Å²) in [7, 11) is 0. The molecule has 2 N–H and O–H groups in total. The summed E-state index contributed by atoms with van der Waals surface area (Å²) in [4.78, 5) is 26.3. The number of aliphatic hydroxyl groups is 1. The topological polar surface area (TPSA) is 82.8 Å². The van der Waals surface area contributed by atoms with Crippen LogP contribution in [0.15, 0.2) is 22.8 Å². The highest BCUT2D eigenvalue weighted by molar-refractivity contribution is 5.95. The van der Waals surface area contributed by atoms with Crippen LogP contribution in [-0.2, 0) is 4.79 Å². The number of hydrogen-bond donors (Lipinski definition) is 2. The lowest BCUT2D eigenvalue weighted by Crippen LogP contribution is -2.48. The molecule has 1 aromatic heterocycles. The van der Waals surface area contributed by atoms with Gasteiger partial charge in [-0.2, -0.15) is 0 Å². The van der Waals surface area contributed by atoms with Crippen LogP contribution < -0.4 is 5.32 Å². The molecule has 0 bridgehead atoms. The summed E-state index contributed by atoms with van der Waals surface area (Å²) >= 11 is 0. The third-order valence-electron chi connectivity index (χ3n) is 4.63. The summed E-state index contributed by atoms with van der Waals surface area (Å²) < 4.78 is 5.13. The second-order valence-electron chi connectivity index (χ2n) is 6.02. The second kappa shape index (κ2) is 8.15. The first-order chi connectivity index (χ1) is 11.1. The van der Waals surface area contributed by atoms with Crippen molar-refractivity contribution in [1.29, 1.82) is 0 Å². The first-order valence-electron chi connectivity index (χ1n) is 8.38. The average molecular weight is 322 g/mol. The molecule has 23 heavy (non-hydrogen) atoms. The van der Waals surface area contributed by atoms with E-state index < -0.39 is 12.1 Å². The number of nitrogens with one attached hydrogen (secondary N) is 1. The summed E-state index contributed by atoms with van der Waals surface area (Å²) in [6, 6.07) is 2.78. The number of nitrogens with zero attached hydrogens (tertiary/aromatic N) is 1. The molecular formula is C17H26N2O4. The van der Waals surface area contributed by atoms with E-state index in [0.29, 0.717) is 13.0 Å². The summed E-state index contributed by atoms with van der Waals surface area (Å²) in [5.41, 5.74) is 0. The smallest absolute Gasteiger partial charge is 0.290 e. The van der Waals surface area contributed by atoms with Crippen LogP contribution in [0.5, 0.6) is 0 Å². The zero-order valence-corrected chi connectivity index (χ0v) is 13.8. The predicted molar refractivity (Wildman–Crippen MR) is 85.9 cm³/mol. The van der Waals surface area contributed by atoms with Crippen LogP contribution in [-0.4, -0.2) is 47.1 Å². The van der Waals surface area contributed by atoms with Crippen molar-refractivity contribution < 1.29 is 19.1 Å². The SMILES string of the molecule is CCC(CC)C(O)CNC(=O)C1CCCN1C(=O)c1ccco1. The van der Waals surface area contributed by atoms with E-state index in [1.54, 1.807) is 17.0 Å². The van der Waals surface area contributed by atoms with E-state index in [-0.39, 0.29) is 30.0 Å². The highest BCUT2D eigenvalue weighted by Crippen LogP contribution is 2.21. The van der Waals surface area contributed by atoms with E-state index in [1.165, 1.54) is 6.26 Å². The van der Waals surface area contributed by atoms with Crippen molar-refractivity contribution >= 4 is 11.8 Å². The van der Waals surface area contributed by atoms with Gasteiger partial charge < -0.3 is 19.7 Å². The van der Waals surface area contributed by atoms with E-state index in [2.05, 4.69) is 5.32 Å². The van der Waals surface area contributed by atoms with Gasteiger partial charge in [-0.25, -0.2) is 0 Å². The van der Waals surface area contributed by atoms with Crippen LogP contribution in [0, 0.1) is 5.92 Å². The molecule has 2 heterocycles. The van der Waals surface area contributed by atoms with Gasteiger partial charge in [0.15, 0.2) is 5.76 Å². The van der Waals surface area contributed by atoms with E-state index in [0.717, 1.165) is 19.3 Å². The Labute approximate surface area is 136 Å². The Morgan fingerprint density at radius 2 is 2.17 bits per heavy atom. The minimum absolute atomic E-state index is 0.180. The molecule has 0 aliphatic carbocycles. The zero-order valence-electron chi connectivity index (χ0n) is 13.8. The van der Waals surface area contributed by atoms with Crippen LogP contribution in [0.1, 0.15) is 50.1 Å². The van der Waals surface area contributed by atoms with Crippen molar-refractivity contribution in [1.82, 2.24) is 10.2 Å². The van der Waals surface area contributed by atoms with Gasteiger partial charge in [-0.15, -0.1) is 0 Å². The molecule has 0 radical (unpaired) electrons. The van der Waals surface area contributed by atoms with Gasteiger partial charge in [-0.05, 0) is 30.9 Å². The van der Waals surface area contributed by atoms with Crippen molar-refractivity contribution in [3.05, 3.63) is 24.2 Å². The molecule has 2 rings (SSSR count). The number of amides is 2. The molecule has 2 amide bonds. The lowest BCUT2D eigenvalue weighted by Gasteiger charge is -2.25. The Kier molecular flexibility index (Phi) is 6.21. The van der Waals surface area contributed by atoms with Crippen LogP contribution in [0.3, 0.4) is 0 Å². The normalized spacial score (nSPS) is 19.1. The standard InChI is InChI=1S/C17H26N2O4/c1-3-12(4-2)14(20)11-18-16(21)13-7-5-9-19(13)17(22)15-8-6-10-23-15/h6,8,10,12-14,20H,3-5,7,9,11H2,1-2H3,(H,18,21). The highest BCUT2D eigenvalue weighted by Gasteiger charge is 2.35. The van der Waals surface area contributed by atoms with Gasteiger partial charge in [-0.1, -0.05) is 26.7 Å². The van der Waals surface area contributed by atoms with Gasteiger partial charge in [0.05, 0.1) is 12.4 Å². The molecule has 0 aromatic carbocycles. The summed E-state index contributed by atoms with van der Waals surface area (Å²) in [6.45, 7) is 4.83. The van der Waals surface area contributed by atoms with Crippen LogP contribution in [0.4, 0.5) is 0 Å². The Morgan fingerprint density at radius 1 is 1.43 bits per heavy atom. The molecule has 1 aliphatic rings. The summed E-state index contributed by atoms with van der Waals surface area (Å²) in [5.74, 6) is -0.0258. The molecule has 2 atom stereocenters. The zero-order chi connectivity index (χ0) is 16.8. The van der Waals surface area contributed by atoms with Gasteiger partial charge >= 0.3 is 0 Å². The monoisotopic (exact) mass is 322 g/mol. The minimum atomic E-state index is -0.551. The number of furan rings is 1. The molecule has 2 unspecified atom stereocenters. The molecule has 6 heteroatoms. The first kappa shape index (κ1) is 17.5. The molecule has 1 saturated heterocycles. The lowest BCUT2D eigenvalue weighted by atomic mass is 9.96. The van der Waals surface area contributed by atoms with Crippen molar-refractivity contribution in [2.45, 2.75) is 51.7 Å². The highest BCUT2D eigenvalue weighted by atomic mass is 16.3. The Bertz CT molecular complexity index is 511. The number of aliphatic hydroxyl groups excluding tert-OH is 1. The van der Waals surface area contributed by atoms with Gasteiger partial charge in [0.2, 0.25) is 5.91 Å². The molecule has 1 aromatic rings. The molecule has 0 saturated carbocycles. The fourth-order valence-corrected chi connectivity index (χ4v) is 3.15. The lowest BCUT2D eigenvalue weighted by molar-refractivity contribution is -0.125. The maximum Gasteiger partial charge on any atom is 0.290 e. The first-order valence-corrected chi connectivity index (χ1v) is 8.38. The summed E-state index contributed by atoms with van der Waals surface area (Å²) in [5, 5.41) is 12.9. The van der Waals surface area contributed by atoms with Crippen molar-refractivity contribution in [3.63, 3.8) is 0 Å². The van der Waals surface area contributed by atoms with Crippen LogP contribution in [0.25, 0.3) is 0 Å². The molecule has 6 nitrogen and oxygen atoms in total. The number of hydrogen-bond acceptors (Lipinski definition) is 4. The predicted octanol–water partition coefficient (Wildman–Crippen LogP) is 1.80. The van der Waals surface area contributed by atoms with E-state index in [9.17, 15) is 14.7 Å². The fourth-order valence-electron chi connectivity index (χ4n) is 3.15. The fraction of sp³-hybridized carbons (Fsp3) is 0.647. The van der Waals surface area contributed by atoms with Gasteiger partial charge in [0.25, 0.3) is 5.91 Å². The van der Waals surface area contributed by atoms with Crippen LogP contribution in [0.2, 0.25) is 0 Å². The number of rotatable bonds is 7. The average Bonchev–Trinajstić information content (AvgIpc) is 3.24. The van der Waals surface area contributed by atoms with Gasteiger partial charge in [0.1, 0.15) is 6.04 Å².